The molecule has 0 saturated heterocycles. The van der Waals surface area contributed by atoms with Crippen molar-refractivity contribution in [3.8, 4) is 0 Å². The standard InChI is InChI=1S/C18H35N5S.HI/c1-7-23(8-2)16(11-14(3)4)13-22-18(19-6)20-10-9-17-21-12-15(5)24-17;/h12,14,16H,7-11,13H2,1-6H3,(H2,19,20,22);1H. The highest BCUT2D eigenvalue weighted by molar-refractivity contribution is 14.0. The highest BCUT2D eigenvalue weighted by Crippen LogP contribution is 2.12. The summed E-state index contributed by atoms with van der Waals surface area (Å²) in [5.41, 5.74) is 0. The first-order valence-electron chi connectivity index (χ1n) is 9.09. The largest absolute Gasteiger partial charge is 0.356 e. The lowest BCUT2D eigenvalue weighted by Crippen LogP contribution is -2.48. The van der Waals surface area contributed by atoms with E-state index in [1.807, 2.05) is 13.2 Å². The van der Waals surface area contributed by atoms with E-state index in [9.17, 15) is 0 Å². The van der Waals surface area contributed by atoms with Crippen molar-refractivity contribution in [2.24, 2.45) is 10.9 Å². The lowest BCUT2D eigenvalue weighted by atomic mass is 10.0. The third kappa shape index (κ3) is 9.75. The van der Waals surface area contributed by atoms with Gasteiger partial charge in [-0.25, -0.2) is 4.98 Å². The van der Waals surface area contributed by atoms with E-state index in [4.69, 9.17) is 0 Å². The van der Waals surface area contributed by atoms with Crippen LogP contribution in [0.5, 0.6) is 0 Å². The van der Waals surface area contributed by atoms with Crippen molar-refractivity contribution < 1.29 is 0 Å². The summed E-state index contributed by atoms with van der Waals surface area (Å²) in [7, 11) is 1.83. The molecule has 5 nitrogen and oxygen atoms in total. The molecule has 0 radical (unpaired) electrons. The lowest BCUT2D eigenvalue weighted by Gasteiger charge is -2.31. The van der Waals surface area contributed by atoms with Crippen molar-refractivity contribution in [2.75, 3.05) is 33.2 Å². The molecule has 0 aliphatic rings. The first kappa shape index (κ1) is 24.6. The predicted octanol–water partition coefficient (Wildman–Crippen LogP) is 3.53. The Kier molecular flexibility index (Phi) is 13.5. The van der Waals surface area contributed by atoms with Crippen molar-refractivity contribution in [2.45, 2.75) is 53.5 Å². The number of aryl methyl sites for hydroxylation is 1. The van der Waals surface area contributed by atoms with Gasteiger partial charge in [-0.05, 0) is 32.4 Å². The van der Waals surface area contributed by atoms with Crippen molar-refractivity contribution in [3.05, 3.63) is 16.1 Å². The zero-order valence-electron chi connectivity index (χ0n) is 16.6. The van der Waals surface area contributed by atoms with Gasteiger partial charge in [0.2, 0.25) is 0 Å². The van der Waals surface area contributed by atoms with Gasteiger partial charge in [-0.15, -0.1) is 35.3 Å². The van der Waals surface area contributed by atoms with Crippen LogP contribution in [0.2, 0.25) is 0 Å². The molecular weight excluding hydrogens is 445 g/mol. The smallest absolute Gasteiger partial charge is 0.191 e. The molecule has 146 valence electrons. The van der Waals surface area contributed by atoms with Crippen molar-refractivity contribution in [3.63, 3.8) is 0 Å². The van der Waals surface area contributed by atoms with E-state index in [0.717, 1.165) is 38.6 Å². The van der Waals surface area contributed by atoms with Gasteiger partial charge in [0.1, 0.15) is 0 Å². The van der Waals surface area contributed by atoms with Gasteiger partial charge in [-0.1, -0.05) is 27.7 Å². The van der Waals surface area contributed by atoms with E-state index in [0.29, 0.717) is 12.0 Å². The summed E-state index contributed by atoms with van der Waals surface area (Å²) in [6.45, 7) is 15.1. The van der Waals surface area contributed by atoms with Gasteiger partial charge in [-0.3, -0.25) is 9.89 Å². The van der Waals surface area contributed by atoms with Gasteiger partial charge in [0.15, 0.2) is 5.96 Å². The predicted molar refractivity (Wildman–Crippen MR) is 121 cm³/mol. The first-order valence-corrected chi connectivity index (χ1v) is 9.91. The molecule has 0 aromatic carbocycles. The third-order valence-electron chi connectivity index (χ3n) is 4.10. The second-order valence-corrected chi connectivity index (χ2v) is 7.82. The molecular formula is C18H36IN5S. The van der Waals surface area contributed by atoms with Crippen LogP contribution >= 0.6 is 35.3 Å². The summed E-state index contributed by atoms with van der Waals surface area (Å²) < 4.78 is 0. The Balaban J connectivity index is 0.00000576. The Hall–Kier alpha value is -0.410. The van der Waals surface area contributed by atoms with Crippen LogP contribution in [0.4, 0.5) is 0 Å². The summed E-state index contributed by atoms with van der Waals surface area (Å²) >= 11 is 1.76. The average molecular weight is 481 g/mol. The summed E-state index contributed by atoms with van der Waals surface area (Å²) in [4.78, 5) is 12.5. The fraction of sp³-hybridized carbons (Fsp3) is 0.778. The maximum atomic E-state index is 4.40. The molecule has 7 heteroatoms. The van der Waals surface area contributed by atoms with Crippen LogP contribution in [0.3, 0.4) is 0 Å². The van der Waals surface area contributed by atoms with Crippen molar-refractivity contribution in [1.82, 2.24) is 20.5 Å². The highest BCUT2D eigenvalue weighted by atomic mass is 127. The SMILES string of the molecule is CCN(CC)C(CNC(=NC)NCCc1ncc(C)s1)CC(C)C.I. The number of nitrogens with one attached hydrogen (secondary N) is 2. The minimum absolute atomic E-state index is 0. The van der Waals surface area contributed by atoms with Crippen LogP contribution in [0.15, 0.2) is 11.2 Å². The van der Waals surface area contributed by atoms with Crippen LogP contribution in [0, 0.1) is 12.8 Å². The van der Waals surface area contributed by atoms with Crippen LogP contribution in [0.25, 0.3) is 0 Å². The van der Waals surface area contributed by atoms with E-state index in [1.54, 1.807) is 11.3 Å². The number of thiazole rings is 1. The van der Waals surface area contributed by atoms with Crippen molar-refractivity contribution in [1.29, 1.82) is 0 Å². The number of aliphatic imine (C=N–C) groups is 1. The fourth-order valence-electron chi connectivity index (χ4n) is 2.89. The molecule has 25 heavy (non-hydrogen) atoms. The van der Waals surface area contributed by atoms with E-state index in [1.165, 1.54) is 16.3 Å². The molecule has 0 saturated carbocycles. The molecule has 0 aliphatic carbocycles. The number of guanidine groups is 1. The number of hydrogen-bond acceptors (Lipinski definition) is 4. The maximum absolute atomic E-state index is 4.40. The molecule has 2 N–H and O–H groups in total. The summed E-state index contributed by atoms with van der Waals surface area (Å²) in [6, 6.07) is 0.542. The van der Waals surface area contributed by atoms with E-state index in [2.05, 4.69) is 60.1 Å². The van der Waals surface area contributed by atoms with Crippen LogP contribution in [-0.2, 0) is 6.42 Å². The van der Waals surface area contributed by atoms with Gasteiger partial charge in [0.05, 0.1) is 5.01 Å². The summed E-state index contributed by atoms with van der Waals surface area (Å²) in [5, 5.41) is 8.07. The molecule has 0 amide bonds. The zero-order chi connectivity index (χ0) is 17.9. The molecule has 0 spiro atoms. The maximum Gasteiger partial charge on any atom is 0.191 e. The summed E-state index contributed by atoms with van der Waals surface area (Å²) in [6.07, 6.45) is 4.07. The molecule has 1 atom stereocenters. The second kappa shape index (κ2) is 13.7. The normalized spacial score (nSPS) is 13.0. The lowest BCUT2D eigenvalue weighted by molar-refractivity contribution is 0.191. The molecule has 1 unspecified atom stereocenters. The molecule has 1 aromatic heterocycles. The minimum Gasteiger partial charge on any atom is -0.356 e. The van der Waals surface area contributed by atoms with E-state index < -0.39 is 0 Å². The second-order valence-electron chi connectivity index (χ2n) is 6.50. The van der Waals surface area contributed by atoms with E-state index >= 15 is 0 Å². The van der Waals surface area contributed by atoms with Crippen molar-refractivity contribution >= 4 is 41.3 Å². The Morgan fingerprint density at radius 3 is 2.44 bits per heavy atom. The molecule has 1 rings (SSSR count). The van der Waals surface area contributed by atoms with Gasteiger partial charge in [0.25, 0.3) is 0 Å². The number of nitrogens with zero attached hydrogens (tertiary/aromatic N) is 3. The highest BCUT2D eigenvalue weighted by Gasteiger charge is 2.17. The average Bonchev–Trinajstić information content (AvgIpc) is 2.96. The quantitative estimate of drug-likeness (QED) is 0.305. The Morgan fingerprint density at radius 1 is 1.28 bits per heavy atom. The zero-order valence-corrected chi connectivity index (χ0v) is 19.8. The van der Waals surface area contributed by atoms with Gasteiger partial charge < -0.3 is 10.6 Å². The number of halogens is 1. The van der Waals surface area contributed by atoms with Crippen LogP contribution in [-0.4, -0.2) is 55.1 Å². The summed E-state index contributed by atoms with van der Waals surface area (Å²) in [5.74, 6) is 1.57. The molecule has 1 aromatic rings. The number of aromatic nitrogens is 1. The van der Waals surface area contributed by atoms with Gasteiger partial charge in [-0.2, -0.15) is 0 Å². The molecule has 1 heterocycles. The Bertz CT molecular complexity index is 486. The number of likely N-dealkylation sites (N-methyl/N-ethyl adjacent to an activating group) is 1. The molecule has 0 fully saturated rings. The fourth-order valence-corrected chi connectivity index (χ4v) is 3.67. The van der Waals surface area contributed by atoms with Crippen LogP contribution in [0.1, 0.15) is 44.0 Å². The molecule has 0 aliphatic heterocycles. The van der Waals surface area contributed by atoms with E-state index in [-0.39, 0.29) is 24.0 Å². The number of rotatable bonds is 10. The third-order valence-corrected chi connectivity index (χ3v) is 5.07. The van der Waals surface area contributed by atoms with Gasteiger partial charge in [0, 0.05) is 43.7 Å². The van der Waals surface area contributed by atoms with Gasteiger partial charge >= 0.3 is 0 Å². The minimum atomic E-state index is 0. The number of hydrogen-bond donors (Lipinski definition) is 2. The first-order chi connectivity index (χ1) is 11.5. The Labute approximate surface area is 175 Å². The van der Waals surface area contributed by atoms with Crippen LogP contribution < -0.4 is 10.6 Å². The monoisotopic (exact) mass is 481 g/mol. The Morgan fingerprint density at radius 2 is 1.96 bits per heavy atom. The topological polar surface area (TPSA) is 52.5 Å². The molecule has 0 bridgehead atoms.